The van der Waals surface area contributed by atoms with Crippen molar-refractivity contribution in [2.45, 2.75) is 50.0 Å². The third-order valence-electron chi connectivity index (χ3n) is 3.29. The predicted molar refractivity (Wildman–Crippen MR) is 43.4 cm³/mol. The fraction of sp³-hybridized carbons (Fsp3) is 1.00. The molecule has 1 aliphatic heterocycles. The van der Waals surface area contributed by atoms with Gasteiger partial charge in [-0.25, -0.2) is 8.78 Å². The standard InChI is InChI=1S/C9H15F2N/c10-9(11)6-3-7-12-8(9)4-1-2-5-8/h12H,1-7H2. The quantitative estimate of drug-likeness (QED) is 0.595. The molecule has 12 heavy (non-hydrogen) atoms. The van der Waals surface area contributed by atoms with E-state index in [1.165, 1.54) is 0 Å². The van der Waals surface area contributed by atoms with Gasteiger partial charge in [0, 0.05) is 6.42 Å². The van der Waals surface area contributed by atoms with Crippen LogP contribution < -0.4 is 5.32 Å². The number of halogens is 2. The molecule has 0 aromatic carbocycles. The first kappa shape index (κ1) is 8.42. The van der Waals surface area contributed by atoms with Crippen LogP contribution in [-0.4, -0.2) is 18.0 Å². The van der Waals surface area contributed by atoms with Crippen molar-refractivity contribution >= 4 is 0 Å². The molecule has 0 aromatic heterocycles. The van der Waals surface area contributed by atoms with E-state index in [9.17, 15) is 8.78 Å². The number of alkyl halides is 2. The lowest BCUT2D eigenvalue weighted by Crippen LogP contribution is -2.60. The molecule has 0 aromatic rings. The second-order valence-electron chi connectivity index (χ2n) is 4.02. The van der Waals surface area contributed by atoms with Gasteiger partial charge in [0.25, 0.3) is 5.92 Å². The van der Waals surface area contributed by atoms with Crippen LogP contribution in [0.2, 0.25) is 0 Å². The van der Waals surface area contributed by atoms with Gasteiger partial charge in [-0.1, -0.05) is 12.8 Å². The van der Waals surface area contributed by atoms with Gasteiger partial charge in [-0.05, 0) is 25.8 Å². The van der Waals surface area contributed by atoms with Crippen molar-refractivity contribution in [2.24, 2.45) is 0 Å². The summed E-state index contributed by atoms with van der Waals surface area (Å²) in [6, 6.07) is 0. The van der Waals surface area contributed by atoms with Gasteiger partial charge in [-0.15, -0.1) is 0 Å². The highest BCUT2D eigenvalue weighted by Gasteiger charge is 2.55. The van der Waals surface area contributed by atoms with Crippen molar-refractivity contribution in [3.63, 3.8) is 0 Å². The van der Waals surface area contributed by atoms with Gasteiger partial charge in [0.2, 0.25) is 0 Å². The van der Waals surface area contributed by atoms with Gasteiger partial charge < -0.3 is 5.32 Å². The van der Waals surface area contributed by atoms with Crippen LogP contribution in [0.5, 0.6) is 0 Å². The first-order valence-electron chi connectivity index (χ1n) is 4.79. The van der Waals surface area contributed by atoms with E-state index in [-0.39, 0.29) is 6.42 Å². The van der Waals surface area contributed by atoms with Crippen molar-refractivity contribution in [1.29, 1.82) is 0 Å². The van der Waals surface area contributed by atoms with E-state index in [1.54, 1.807) is 0 Å². The van der Waals surface area contributed by atoms with Gasteiger partial charge in [0.1, 0.15) is 0 Å². The molecule has 0 amide bonds. The average Bonchev–Trinajstić information content (AvgIpc) is 2.46. The van der Waals surface area contributed by atoms with E-state index in [2.05, 4.69) is 5.32 Å². The number of hydrogen-bond acceptors (Lipinski definition) is 1. The van der Waals surface area contributed by atoms with Crippen molar-refractivity contribution < 1.29 is 8.78 Å². The highest BCUT2D eigenvalue weighted by molar-refractivity contribution is 5.05. The molecule has 2 aliphatic rings. The van der Waals surface area contributed by atoms with Crippen LogP contribution in [0.3, 0.4) is 0 Å². The molecular weight excluding hydrogens is 160 g/mol. The fourth-order valence-electron chi connectivity index (χ4n) is 2.53. The Hall–Kier alpha value is -0.180. The average molecular weight is 175 g/mol. The normalized spacial score (nSPS) is 32.5. The summed E-state index contributed by atoms with van der Waals surface area (Å²) in [6.07, 6.45) is 3.96. The van der Waals surface area contributed by atoms with E-state index in [0.29, 0.717) is 19.3 Å². The molecule has 0 atom stereocenters. The molecule has 70 valence electrons. The zero-order valence-electron chi connectivity index (χ0n) is 7.21. The minimum absolute atomic E-state index is 0.0833. The zero-order valence-corrected chi connectivity index (χ0v) is 7.21. The van der Waals surface area contributed by atoms with Gasteiger partial charge >= 0.3 is 0 Å². The monoisotopic (exact) mass is 175 g/mol. The Morgan fingerprint density at radius 3 is 2.17 bits per heavy atom. The highest BCUT2D eigenvalue weighted by Crippen LogP contribution is 2.46. The van der Waals surface area contributed by atoms with Crippen LogP contribution in [0.4, 0.5) is 8.78 Å². The second kappa shape index (κ2) is 2.66. The summed E-state index contributed by atoms with van der Waals surface area (Å²) in [5.41, 5.74) is -0.814. The smallest absolute Gasteiger partial charge is 0.265 e. The SMILES string of the molecule is FC1(F)CCCNC12CCCC2. The van der Waals surface area contributed by atoms with E-state index < -0.39 is 11.5 Å². The third-order valence-corrected chi connectivity index (χ3v) is 3.29. The number of piperidine rings is 1. The molecular formula is C9H15F2N. The molecule has 0 bridgehead atoms. The Balaban J connectivity index is 2.19. The maximum Gasteiger partial charge on any atom is 0.265 e. The molecule has 1 saturated heterocycles. The summed E-state index contributed by atoms with van der Waals surface area (Å²) in [5.74, 6) is -2.46. The first-order chi connectivity index (χ1) is 5.66. The Bertz CT molecular complexity index is 173. The number of nitrogens with one attached hydrogen (secondary N) is 1. The number of rotatable bonds is 0. The molecule has 2 fully saturated rings. The van der Waals surface area contributed by atoms with Gasteiger partial charge in [-0.2, -0.15) is 0 Å². The zero-order chi connectivity index (χ0) is 8.66. The lowest BCUT2D eigenvalue weighted by Gasteiger charge is -2.42. The molecule has 1 saturated carbocycles. The second-order valence-corrected chi connectivity index (χ2v) is 4.02. The minimum Gasteiger partial charge on any atom is -0.306 e. The maximum atomic E-state index is 13.5. The Kier molecular flexibility index (Phi) is 1.86. The summed E-state index contributed by atoms with van der Waals surface area (Å²) in [7, 11) is 0. The Morgan fingerprint density at radius 1 is 0.917 bits per heavy atom. The molecule has 1 spiro atoms. The maximum absolute atomic E-state index is 13.5. The third kappa shape index (κ3) is 1.06. The van der Waals surface area contributed by atoms with E-state index >= 15 is 0 Å². The molecule has 2 rings (SSSR count). The first-order valence-corrected chi connectivity index (χ1v) is 4.79. The van der Waals surface area contributed by atoms with Crippen LogP contribution in [-0.2, 0) is 0 Å². The van der Waals surface area contributed by atoms with Crippen molar-refractivity contribution in [1.82, 2.24) is 5.32 Å². The molecule has 1 nitrogen and oxygen atoms in total. The molecule has 0 unspecified atom stereocenters. The van der Waals surface area contributed by atoms with Crippen LogP contribution in [0, 0.1) is 0 Å². The Morgan fingerprint density at radius 2 is 1.58 bits per heavy atom. The van der Waals surface area contributed by atoms with E-state index in [1.807, 2.05) is 0 Å². The largest absolute Gasteiger partial charge is 0.306 e. The lowest BCUT2D eigenvalue weighted by atomic mass is 9.83. The summed E-state index contributed by atoms with van der Waals surface area (Å²) < 4.78 is 27.0. The van der Waals surface area contributed by atoms with Crippen molar-refractivity contribution in [2.75, 3.05) is 6.54 Å². The van der Waals surface area contributed by atoms with Crippen LogP contribution >= 0.6 is 0 Å². The van der Waals surface area contributed by atoms with Gasteiger partial charge in [0.15, 0.2) is 0 Å². The minimum atomic E-state index is -2.46. The highest BCUT2D eigenvalue weighted by atomic mass is 19.3. The summed E-state index contributed by atoms with van der Waals surface area (Å²) in [5, 5.41) is 3.03. The predicted octanol–water partition coefficient (Wildman–Crippen LogP) is 2.32. The van der Waals surface area contributed by atoms with Crippen LogP contribution in [0.1, 0.15) is 38.5 Å². The van der Waals surface area contributed by atoms with E-state index in [0.717, 1.165) is 19.4 Å². The molecule has 1 N–H and O–H groups in total. The summed E-state index contributed by atoms with van der Waals surface area (Å²) >= 11 is 0. The fourth-order valence-corrected chi connectivity index (χ4v) is 2.53. The molecule has 0 radical (unpaired) electrons. The van der Waals surface area contributed by atoms with Crippen LogP contribution in [0.25, 0.3) is 0 Å². The van der Waals surface area contributed by atoms with Gasteiger partial charge in [0.05, 0.1) is 5.54 Å². The summed E-state index contributed by atoms with van der Waals surface area (Å²) in [4.78, 5) is 0. The molecule has 1 aliphatic carbocycles. The van der Waals surface area contributed by atoms with Crippen molar-refractivity contribution in [3.8, 4) is 0 Å². The van der Waals surface area contributed by atoms with E-state index in [4.69, 9.17) is 0 Å². The van der Waals surface area contributed by atoms with Gasteiger partial charge in [-0.3, -0.25) is 0 Å². The number of hydrogen-bond donors (Lipinski definition) is 1. The van der Waals surface area contributed by atoms with Crippen molar-refractivity contribution in [3.05, 3.63) is 0 Å². The molecule has 3 heteroatoms. The Labute approximate surface area is 71.5 Å². The topological polar surface area (TPSA) is 12.0 Å². The molecule has 1 heterocycles. The summed E-state index contributed by atoms with van der Waals surface area (Å²) in [6.45, 7) is 0.773. The lowest BCUT2D eigenvalue weighted by molar-refractivity contribution is -0.111. The van der Waals surface area contributed by atoms with Crippen LogP contribution in [0.15, 0.2) is 0 Å².